The van der Waals surface area contributed by atoms with Crippen LogP contribution in [0.2, 0.25) is 0 Å². The van der Waals surface area contributed by atoms with Crippen molar-refractivity contribution in [3.63, 3.8) is 0 Å². The Hall–Kier alpha value is -3.56. The summed E-state index contributed by atoms with van der Waals surface area (Å²) in [6, 6.07) is 10.4. The second kappa shape index (κ2) is 15.4. The number of aryl methyl sites for hydroxylation is 1. The minimum atomic E-state index is -1.12. The summed E-state index contributed by atoms with van der Waals surface area (Å²) in [5, 5.41) is 13.3. The largest absolute Gasteiger partial charge is 0.478 e. The van der Waals surface area contributed by atoms with Crippen LogP contribution in [-0.2, 0) is 29.0 Å². The molecule has 0 bridgehead atoms. The van der Waals surface area contributed by atoms with Gasteiger partial charge >= 0.3 is 5.97 Å². The summed E-state index contributed by atoms with van der Waals surface area (Å²) >= 11 is 0. The van der Waals surface area contributed by atoms with Crippen LogP contribution in [0.25, 0.3) is 0 Å². The molecule has 0 radical (unpaired) electrons. The maximum absolute atomic E-state index is 13.9. The monoisotopic (exact) mass is 568 g/mol. The second-order valence-electron chi connectivity index (χ2n) is 10.5. The lowest BCUT2D eigenvalue weighted by atomic mass is 9.96. The van der Waals surface area contributed by atoms with Gasteiger partial charge in [0, 0.05) is 44.5 Å². The van der Waals surface area contributed by atoms with E-state index in [1.165, 1.54) is 23.8 Å². The van der Waals surface area contributed by atoms with E-state index in [-0.39, 0.29) is 30.0 Å². The molecule has 1 aliphatic rings. The van der Waals surface area contributed by atoms with E-state index in [0.29, 0.717) is 31.7 Å². The predicted octanol–water partition coefficient (Wildman–Crippen LogP) is 4.41. The molecule has 0 aromatic heterocycles. The molecule has 0 aliphatic carbocycles. The molecule has 7 nitrogen and oxygen atoms in total. The van der Waals surface area contributed by atoms with Crippen molar-refractivity contribution in [1.82, 2.24) is 15.1 Å². The third kappa shape index (κ3) is 9.23. The van der Waals surface area contributed by atoms with E-state index in [9.17, 15) is 23.5 Å². The number of halogens is 2. The number of benzene rings is 2. The van der Waals surface area contributed by atoms with Crippen molar-refractivity contribution in [2.45, 2.75) is 65.1 Å². The minimum absolute atomic E-state index is 0.0382. The summed E-state index contributed by atoms with van der Waals surface area (Å²) in [4.78, 5) is 29.1. The van der Waals surface area contributed by atoms with E-state index in [4.69, 9.17) is 5.73 Å². The molecule has 3 rings (SSSR count). The highest BCUT2D eigenvalue weighted by molar-refractivity contribution is 5.99. The number of carbonyl (C=O) groups excluding carboxylic acids is 1. The Labute approximate surface area is 241 Å². The number of rotatable bonds is 15. The molecule has 2 atom stereocenters. The van der Waals surface area contributed by atoms with E-state index < -0.39 is 29.7 Å². The SMILES string of the molecule is CCCN(CCC)C(=O)C1=CN([C@H](CNCc2cccc(CC)c2)[C@@H](N)Cc2cc(F)cc(F)c2)CC(C(=O)O)=C1. The lowest BCUT2D eigenvalue weighted by Gasteiger charge is -2.38. The first-order valence-electron chi connectivity index (χ1n) is 14.3. The summed E-state index contributed by atoms with van der Waals surface area (Å²) in [6.07, 6.45) is 5.75. The summed E-state index contributed by atoms with van der Waals surface area (Å²) in [6.45, 7) is 8.14. The zero-order valence-corrected chi connectivity index (χ0v) is 24.2. The first-order valence-corrected chi connectivity index (χ1v) is 14.3. The fraction of sp³-hybridized carbons (Fsp3) is 0.438. The summed E-state index contributed by atoms with van der Waals surface area (Å²) in [7, 11) is 0. The van der Waals surface area contributed by atoms with Gasteiger partial charge in [-0.15, -0.1) is 0 Å². The number of carbonyl (C=O) groups is 2. The molecule has 2 aromatic rings. The maximum Gasteiger partial charge on any atom is 0.333 e. The zero-order valence-electron chi connectivity index (χ0n) is 24.2. The lowest BCUT2D eigenvalue weighted by molar-refractivity contribution is -0.133. The van der Waals surface area contributed by atoms with Gasteiger partial charge in [-0.25, -0.2) is 13.6 Å². The predicted molar refractivity (Wildman–Crippen MR) is 157 cm³/mol. The number of aliphatic carboxylic acids is 1. The van der Waals surface area contributed by atoms with E-state index >= 15 is 0 Å². The molecule has 1 amide bonds. The van der Waals surface area contributed by atoms with Crippen molar-refractivity contribution >= 4 is 11.9 Å². The summed E-state index contributed by atoms with van der Waals surface area (Å²) < 4.78 is 27.9. The normalized spacial score (nSPS) is 14.7. The number of carboxylic acid groups (broad SMARTS) is 1. The molecule has 0 saturated carbocycles. The van der Waals surface area contributed by atoms with Gasteiger partial charge in [-0.05, 0) is 60.6 Å². The topological polar surface area (TPSA) is 98.9 Å². The van der Waals surface area contributed by atoms with Crippen LogP contribution in [0.15, 0.2) is 65.9 Å². The van der Waals surface area contributed by atoms with Crippen LogP contribution >= 0.6 is 0 Å². The molecule has 41 heavy (non-hydrogen) atoms. The van der Waals surface area contributed by atoms with Crippen molar-refractivity contribution in [1.29, 1.82) is 0 Å². The van der Waals surface area contributed by atoms with Crippen LogP contribution in [0.5, 0.6) is 0 Å². The number of hydrogen-bond donors (Lipinski definition) is 3. The highest BCUT2D eigenvalue weighted by Crippen LogP contribution is 2.22. The van der Waals surface area contributed by atoms with Gasteiger partial charge in [-0.3, -0.25) is 4.79 Å². The number of hydrogen-bond acceptors (Lipinski definition) is 5. The molecule has 0 saturated heterocycles. The van der Waals surface area contributed by atoms with Crippen LogP contribution in [0.1, 0.15) is 50.3 Å². The van der Waals surface area contributed by atoms with Crippen molar-refractivity contribution in [2.75, 3.05) is 26.2 Å². The van der Waals surface area contributed by atoms with Gasteiger partial charge in [0.2, 0.25) is 0 Å². The Morgan fingerprint density at radius 2 is 1.68 bits per heavy atom. The van der Waals surface area contributed by atoms with Crippen molar-refractivity contribution in [3.05, 3.63) is 94.2 Å². The van der Waals surface area contributed by atoms with Crippen LogP contribution in [0.3, 0.4) is 0 Å². The number of carboxylic acids is 1. The van der Waals surface area contributed by atoms with Crippen LogP contribution < -0.4 is 11.1 Å². The smallest absolute Gasteiger partial charge is 0.333 e. The standard InChI is InChI=1S/C32H42F2N4O3/c1-4-10-37(11-5-2)31(39)25-16-26(32(40)41)21-38(20-25)30(19-36-18-23-9-7-8-22(6-3)12-23)29(35)15-24-13-27(33)17-28(34)14-24/h7-9,12-14,16-17,20,29-30,36H,4-6,10-11,15,18-19,21,35H2,1-3H3,(H,40,41)/t29-,30+/m0/s1. The molecule has 222 valence electrons. The third-order valence-corrected chi connectivity index (χ3v) is 7.18. The molecular formula is C32H42F2N4O3. The van der Waals surface area contributed by atoms with Crippen LogP contribution in [-0.4, -0.2) is 65.0 Å². The maximum atomic E-state index is 13.9. The molecule has 0 fully saturated rings. The average Bonchev–Trinajstić information content (AvgIpc) is 2.94. The number of nitrogens with zero attached hydrogens (tertiary/aromatic N) is 2. The van der Waals surface area contributed by atoms with E-state index in [1.807, 2.05) is 26.0 Å². The molecular weight excluding hydrogens is 526 g/mol. The minimum Gasteiger partial charge on any atom is -0.478 e. The van der Waals surface area contributed by atoms with Gasteiger partial charge in [-0.1, -0.05) is 45.0 Å². The fourth-order valence-electron chi connectivity index (χ4n) is 5.16. The van der Waals surface area contributed by atoms with Gasteiger partial charge in [0.05, 0.1) is 23.7 Å². The average molecular weight is 569 g/mol. The molecule has 0 spiro atoms. The highest BCUT2D eigenvalue weighted by Gasteiger charge is 2.30. The lowest BCUT2D eigenvalue weighted by Crippen LogP contribution is -2.53. The Balaban J connectivity index is 1.92. The number of nitrogens with two attached hydrogens (primary N) is 1. The molecule has 1 heterocycles. The van der Waals surface area contributed by atoms with Gasteiger partial charge in [0.15, 0.2) is 0 Å². The Bertz CT molecular complexity index is 1240. The van der Waals surface area contributed by atoms with Gasteiger partial charge in [0.25, 0.3) is 5.91 Å². The highest BCUT2D eigenvalue weighted by atomic mass is 19.1. The van der Waals surface area contributed by atoms with Crippen molar-refractivity contribution in [2.24, 2.45) is 5.73 Å². The molecule has 2 aromatic carbocycles. The zero-order chi connectivity index (χ0) is 29.9. The Kier molecular flexibility index (Phi) is 12.0. The van der Waals surface area contributed by atoms with Crippen LogP contribution in [0, 0.1) is 11.6 Å². The van der Waals surface area contributed by atoms with Gasteiger partial charge in [-0.2, -0.15) is 0 Å². The summed E-state index contributed by atoms with van der Waals surface area (Å²) in [5.41, 5.74) is 9.75. The number of nitrogens with one attached hydrogen (secondary N) is 1. The Morgan fingerprint density at radius 1 is 1.02 bits per heavy atom. The molecule has 9 heteroatoms. The van der Waals surface area contributed by atoms with E-state index in [1.54, 1.807) is 16.0 Å². The van der Waals surface area contributed by atoms with E-state index in [2.05, 4.69) is 24.4 Å². The van der Waals surface area contributed by atoms with Crippen molar-refractivity contribution < 1.29 is 23.5 Å². The van der Waals surface area contributed by atoms with Gasteiger partial charge in [0.1, 0.15) is 11.6 Å². The molecule has 0 unspecified atom stereocenters. The Morgan fingerprint density at radius 3 is 2.29 bits per heavy atom. The second-order valence-corrected chi connectivity index (χ2v) is 10.5. The fourth-order valence-corrected chi connectivity index (χ4v) is 5.16. The van der Waals surface area contributed by atoms with Crippen molar-refractivity contribution in [3.8, 4) is 0 Å². The first kappa shape index (κ1) is 32.0. The van der Waals surface area contributed by atoms with Crippen LogP contribution in [0.4, 0.5) is 8.78 Å². The quantitative estimate of drug-likeness (QED) is 0.294. The summed E-state index contributed by atoms with van der Waals surface area (Å²) in [5.74, 6) is -2.73. The van der Waals surface area contributed by atoms with E-state index in [0.717, 1.165) is 30.9 Å². The molecule has 4 N–H and O–H groups in total. The molecule has 1 aliphatic heterocycles. The van der Waals surface area contributed by atoms with Gasteiger partial charge < -0.3 is 26.0 Å². The number of amides is 1. The first-order chi connectivity index (χ1) is 19.6. The third-order valence-electron chi connectivity index (χ3n) is 7.18.